The van der Waals surface area contributed by atoms with Gasteiger partial charge in [0.05, 0.1) is 12.6 Å². The van der Waals surface area contributed by atoms with Crippen molar-refractivity contribution in [2.24, 2.45) is 0 Å². The number of Topliss-reactive ketones (excluding diaryl/α,β-unsaturated/α-hetero) is 1. The van der Waals surface area contributed by atoms with Gasteiger partial charge in [0, 0.05) is 37.4 Å². The molecule has 2 amide bonds. The summed E-state index contributed by atoms with van der Waals surface area (Å²) in [7, 11) is 0. The molecule has 1 heterocycles. The highest BCUT2D eigenvalue weighted by molar-refractivity contribution is 5.98. The number of benzene rings is 1. The van der Waals surface area contributed by atoms with Gasteiger partial charge >= 0.3 is 6.09 Å². The third-order valence-electron chi connectivity index (χ3n) is 4.30. The Morgan fingerprint density at radius 3 is 2.48 bits per heavy atom. The highest BCUT2D eigenvalue weighted by atomic mass is 16.6. The first-order valence-electron chi connectivity index (χ1n) is 8.50. The summed E-state index contributed by atoms with van der Waals surface area (Å²) in [6.07, 6.45) is -0.305. The van der Waals surface area contributed by atoms with Crippen LogP contribution in [0.1, 0.15) is 31.1 Å². The Hall–Kier alpha value is -2.41. The molecule has 0 saturated carbocycles. The standard InChI is InChI=1S/C18H25N3O4/c1-4-25-18(24)21-10-8-20(9-11-21)13(2)17(23)19-16-7-5-6-15(12-16)14(3)22/h5-7,12-13H,4,8-11H2,1-3H3,(H,19,23)/t13-/m0/s1. The average molecular weight is 347 g/mol. The SMILES string of the molecule is CCOC(=O)N1CCN([C@@H](C)C(=O)Nc2cccc(C(C)=O)c2)CC1. The number of ketones is 1. The molecule has 0 aliphatic carbocycles. The van der Waals surface area contributed by atoms with Crippen LogP contribution in [0.4, 0.5) is 10.5 Å². The van der Waals surface area contributed by atoms with E-state index in [9.17, 15) is 14.4 Å². The Labute approximate surface area is 147 Å². The topological polar surface area (TPSA) is 79.0 Å². The molecule has 7 heteroatoms. The van der Waals surface area contributed by atoms with E-state index in [4.69, 9.17) is 4.74 Å². The number of carbonyl (C=O) groups is 3. The van der Waals surface area contributed by atoms with Crippen LogP contribution in [-0.2, 0) is 9.53 Å². The molecule has 0 spiro atoms. The molecule has 25 heavy (non-hydrogen) atoms. The molecular weight excluding hydrogens is 322 g/mol. The fraction of sp³-hybridized carbons (Fsp3) is 0.500. The number of nitrogens with one attached hydrogen (secondary N) is 1. The van der Waals surface area contributed by atoms with Gasteiger partial charge in [-0.15, -0.1) is 0 Å². The molecule has 1 N–H and O–H groups in total. The van der Waals surface area contributed by atoms with E-state index in [0.717, 1.165) is 0 Å². The summed E-state index contributed by atoms with van der Waals surface area (Å²) in [5.74, 6) is -0.176. The van der Waals surface area contributed by atoms with Crippen LogP contribution >= 0.6 is 0 Å². The van der Waals surface area contributed by atoms with Gasteiger partial charge in [-0.1, -0.05) is 12.1 Å². The highest BCUT2D eigenvalue weighted by Crippen LogP contribution is 2.14. The van der Waals surface area contributed by atoms with Crippen LogP contribution in [0.25, 0.3) is 0 Å². The number of hydrogen-bond acceptors (Lipinski definition) is 5. The van der Waals surface area contributed by atoms with E-state index in [2.05, 4.69) is 5.32 Å². The zero-order valence-electron chi connectivity index (χ0n) is 14.9. The molecule has 0 radical (unpaired) electrons. The number of anilines is 1. The van der Waals surface area contributed by atoms with E-state index < -0.39 is 0 Å². The van der Waals surface area contributed by atoms with E-state index in [1.54, 1.807) is 36.1 Å². The van der Waals surface area contributed by atoms with Crippen molar-refractivity contribution in [2.45, 2.75) is 26.8 Å². The first-order valence-corrected chi connectivity index (χ1v) is 8.50. The first-order chi connectivity index (χ1) is 11.9. The summed E-state index contributed by atoms with van der Waals surface area (Å²) in [6, 6.07) is 6.57. The molecule has 0 unspecified atom stereocenters. The van der Waals surface area contributed by atoms with Gasteiger partial charge in [-0.2, -0.15) is 0 Å². The molecule has 1 aromatic carbocycles. The van der Waals surface area contributed by atoms with Gasteiger partial charge in [0.15, 0.2) is 5.78 Å². The third-order valence-corrected chi connectivity index (χ3v) is 4.30. The maximum atomic E-state index is 12.5. The molecule has 1 saturated heterocycles. The maximum Gasteiger partial charge on any atom is 0.409 e. The van der Waals surface area contributed by atoms with Gasteiger partial charge in [-0.25, -0.2) is 4.79 Å². The van der Waals surface area contributed by atoms with Crippen molar-refractivity contribution in [1.82, 2.24) is 9.80 Å². The van der Waals surface area contributed by atoms with Crippen LogP contribution in [0.15, 0.2) is 24.3 Å². The quantitative estimate of drug-likeness (QED) is 0.824. The van der Waals surface area contributed by atoms with Crippen molar-refractivity contribution >= 4 is 23.5 Å². The zero-order chi connectivity index (χ0) is 18.4. The smallest absolute Gasteiger partial charge is 0.409 e. The molecule has 7 nitrogen and oxygen atoms in total. The van der Waals surface area contributed by atoms with Gasteiger partial charge in [0.2, 0.25) is 5.91 Å². The molecule has 1 atom stereocenters. The number of amides is 2. The van der Waals surface area contributed by atoms with Crippen molar-refractivity contribution in [1.29, 1.82) is 0 Å². The van der Waals surface area contributed by atoms with Crippen LogP contribution in [-0.4, -0.2) is 66.4 Å². The summed E-state index contributed by atoms with van der Waals surface area (Å²) >= 11 is 0. The van der Waals surface area contributed by atoms with Crippen molar-refractivity contribution in [3.8, 4) is 0 Å². The molecular formula is C18H25N3O4. The van der Waals surface area contributed by atoms with Gasteiger partial charge in [-0.3, -0.25) is 14.5 Å². The summed E-state index contributed by atoms with van der Waals surface area (Å²) in [5, 5.41) is 2.85. The monoisotopic (exact) mass is 347 g/mol. The van der Waals surface area contributed by atoms with Crippen LogP contribution in [0.2, 0.25) is 0 Å². The molecule has 1 fully saturated rings. The van der Waals surface area contributed by atoms with E-state index in [0.29, 0.717) is 44.0 Å². The van der Waals surface area contributed by atoms with Gasteiger partial charge < -0.3 is 15.0 Å². The van der Waals surface area contributed by atoms with Crippen LogP contribution in [0, 0.1) is 0 Å². The number of piperazine rings is 1. The van der Waals surface area contributed by atoms with Crippen LogP contribution < -0.4 is 5.32 Å². The predicted octanol–water partition coefficient (Wildman–Crippen LogP) is 1.99. The maximum absolute atomic E-state index is 12.5. The summed E-state index contributed by atoms with van der Waals surface area (Å²) in [6.45, 7) is 7.77. The highest BCUT2D eigenvalue weighted by Gasteiger charge is 2.28. The summed E-state index contributed by atoms with van der Waals surface area (Å²) in [4.78, 5) is 39.3. The van der Waals surface area contributed by atoms with Crippen LogP contribution in [0.3, 0.4) is 0 Å². The predicted molar refractivity (Wildman–Crippen MR) is 94.7 cm³/mol. The van der Waals surface area contributed by atoms with Gasteiger partial charge in [0.1, 0.15) is 0 Å². The van der Waals surface area contributed by atoms with Crippen molar-refractivity contribution in [3.63, 3.8) is 0 Å². The second kappa shape index (κ2) is 8.62. The fourth-order valence-electron chi connectivity index (χ4n) is 2.74. The number of ether oxygens (including phenoxy) is 1. The Balaban J connectivity index is 1.89. The van der Waals surface area contributed by atoms with E-state index >= 15 is 0 Å². The molecule has 136 valence electrons. The van der Waals surface area contributed by atoms with E-state index in [1.807, 2.05) is 11.8 Å². The molecule has 1 aliphatic heterocycles. The second-order valence-corrected chi connectivity index (χ2v) is 6.02. The first kappa shape index (κ1) is 18.9. The molecule has 1 aliphatic rings. The lowest BCUT2D eigenvalue weighted by Crippen LogP contribution is -2.54. The molecule has 0 bridgehead atoms. The largest absolute Gasteiger partial charge is 0.450 e. The lowest BCUT2D eigenvalue weighted by atomic mass is 10.1. The number of hydrogen-bond donors (Lipinski definition) is 1. The zero-order valence-corrected chi connectivity index (χ0v) is 14.9. The van der Waals surface area contributed by atoms with Crippen LogP contribution in [0.5, 0.6) is 0 Å². The third kappa shape index (κ3) is 5.03. The molecule has 2 rings (SSSR count). The van der Waals surface area contributed by atoms with Crippen molar-refractivity contribution < 1.29 is 19.1 Å². The minimum absolute atomic E-state index is 0.0424. The Kier molecular flexibility index (Phi) is 6.52. The van der Waals surface area contributed by atoms with Gasteiger partial charge in [0.25, 0.3) is 0 Å². The number of rotatable bonds is 5. The lowest BCUT2D eigenvalue weighted by Gasteiger charge is -2.36. The number of nitrogens with zero attached hydrogens (tertiary/aromatic N) is 2. The Bertz CT molecular complexity index is 639. The second-order valence-electron chi connectivity index (χ2n) is 6.02. The van der Waals surface area contributed by atoms with Crippen molar-refractivity contribution in [3.05, 3.63) is 29.8 Å². The minimum Gasteiger partial charge on any atom is -0.450 e. The summed E-state index contributed by atoms with van der Waals surface area (Å²) < 4.78 is 5.00. The fourth-order valence-corrected chi connectivity index (χ4v) is 2.74. The minimum atomic E-state index is -0.328. The normalized spacial score (nSPS) is 16.2. The van der Waals surface area contributed by atoms with Gasteiger partial charge in [-0.05, 0) is 32.9 Å². The Morgan fingerprint density at radius 1 is 1.20 bits per heavy atom. The number of carbonyl (C=O) groups excluding carboxylic acids is 3. The Morgan fingerprint density at radius 2 is 1.88 bits per heavy atom. The molecule has 0 aromatic heterocycles. The lowest BCUT2D eigenvalue weighted by molar-refractivity contribution is -0.121. The van der Waals surface area contributed by atoms with E-state index in [-0.39, 0.29) is 23.8 Å². The average Bonchev–Trinajstić information content (AvgIpc) is 2.61. The van der Waals surface area contributed by atoms with Crippen molar-refractivity contribution in [2.75, 3.05) is 38.1 Å². The summed E-state index contributed by atoms with van der Waals surface area (Å²) in [5.41, 5.74) is 1.17. The van der Waals surface area contributed by atoms with E-state index in [1.165, 1.54) is 6.92 Å². The molecule has 1 aromatic rings.